The van der Waals surface area contributed by atoms with Gasteiger partial charge in [0.25, 0.3) is 0 Å². The van der Waals surface area contributed by atoms with Crippen LogP contribution in [0.3, 0.4) is 0 Å². The van der Waals surface area contributed by atoms with Gasteiger partial charge >= 0.3 is 0 Å². The van der Waals surface area contributed by atoms with E-state index in [1.807, 2.05) is 18.2 Å². The second-order valence-electron chi connectivity index (χ2n) is 20.4. The fourth-order valence-corrected chi connectivity index (χ4v) is 12.3. The molecule has 0 N–H and O–H groups in total. The SMILES string of the molecule is C1=Cc2c(n(-c3ccc(-c4cccc(-c5nc(C6=CCCCC6)nc(-c6ccccc6)n5)c4)cc3-c3ccc4c5cc(-n6c7c(c8ccccc86)CCC=C7)ccc5n(-c5ccccc5)c4c3)c3ccccc23)C=CC1. The molecule has 8 aromatic carbocycles. The average Bonchev–Trinajstić information content (AvgIpc) is 4.09. The van der Waals surface area contributed by atoms with E-state index in [4.69, 9.17) is 15.0 Å². The van der Waals surface area contributed by atoms with Crippen LogP contribution < -0.4 is 0 Å². The Balaban J connectivity index is 0.940. The summed E-state index contributed by atoms with van der Waals surface area (Å²) in [6.45, 7) is 0. The van der Waals surface area contributed by atoms with E-state index in [1.54, 1.807) is 0 Å². The monoisotopic (exact) mass is 976 g/mol. The maximum Gasteiger partial charge on any atom is 0.164 e. The molecular weight excluding hydrogens is 925 g/mol. The number of para-hydroxylation sites is 3. The van der Waals surface area contributed by atoms with Crippen LogP contribution in [0.1, 0.15) is 66.9 Å². The molecule has 6 nitrogen and oxygen atoms in total. The van der Waals surface area contributed by atoms with Crippen LogP contribution in [0.2, 0.25) is 0 Å². The predicted molar refractivity (Wildman–Crippen MR) is 316 cm³/mol. The molecule has 76 heavy (non-hydrogen) atoms. The summed E-state index contributed by atoms with van der Waals surface area (Å²) in [7, 11) is 0. The summed E-state index contributed by atoms with van der Waals surface area (Å²) >= 11 is 0. The maximum atomic E-state index is 5.20. The molecular formula is C70H52N6. The Morgan fingerprint density at radius 3 is 1.92 bits per heavy atom. The van der Waals surface area contributed by atoms with Gasteiger partial charge in [-0.15, -0.1) is 0 Å². The van der Waals surface area contributed by atoms with Gasteiger partial charge in [-0.1, -0.05) is 152 Å². The first-order chi connectivity index (χ1) is 37.7. The summed E-state index contributed by atoms with van der Waals surface area (Å²) < 4.78 is 7.40. The number of aryl methyl sites for hydroxylation is 1. The van der Waals surface area contributed by atoms with Crippen LogP contribution >= 0.6 is 0 Å². The number of rotatable bonds is 8. The average molecular weight is 977 g/mol. The van der Waals surface area contributed by atoms with E-state index in [2.05, 4.69) is 226 Å². The Labute approximate surface area is 441 Å². The van der Waals surface area contributed by atoms with Crippen LogP contribution in [0.4, 0.5) is 0 Å². The van der Waals surface area contributed by atoms with Crippen molar-refractivity contribution >= 4 is 67.4 Å². The van der Waals surface area contributed by atoms with Crippen molar-refractivity contribution in [3.8, 4) is 62.1 Å². The standard InChI is InChI=1S/C70H52N6/c1-5-20-46(21-6-1)68-71-69(47-22-7-2-8-23-47)73-70(72-68)51-25-19-24-48(42-51)49-37-40-65(76-63-32-12-4-11-28-56(63)57-31-15-18-35-64(57)76)59(43-49)50-36-39-58-60-45-53(38-41-66(60)74(67(58)44-50)52-26-9-3-10-27-52)75-61-33-16-13-29-54(61)55-30-14-17-34-62(55)75/h1,3,5-6,9-13,15-22,24-29,31-45H,2,4,7-8,14,23,30H2. The predicted octanol–water partition coefficient (Wildman–Crippen LogP) is 17.9. The Morgan fingerprint density at radius 2 is 1.07 bits per heavy atom. The highest BCUT2D eigenvalue weighted by molar-refractivity contribution is 6.11. The van der Waals surface area contributed by atoms with Crippen molar-refractivity contribution in [3.63, 3.8) is 0 Å². The van der Waals surface area contributed by atoms with Gasteiger partial charge in [0, 0.05) is 60.9 Å². The van der Waals surface area contributed by atoms with Crippen molar-refractivity contribution in [2.75, 3.05) is 0 Å². The molecule has 0 amide bonds. The second-order valence-corrected chi connectivity index (χ2v) is 20.4. The zero-order valence-corrected chi connectivity index (χ0v) is 42.1. The van der Waals surface area contributed by atoms with Crippen molar-refractivity contribution in [3.05, 3.63) is 241 Å². The second kappa shape index (κ2) is 18.2. The Morgan fingerprint density at radius 1 is 0.368 bits per heavy atom. The molecule has 0 bridgehead atoms. The molecule has 3 aliphatic rings. The molecule has 0 saturated carbocycles. The number of nitrogens with zero attached hydrogens (tertiary/aromatic N) is 6. The first-order valence-corrected chi connectivity index (χ1v) is 26.9. The third-order valence-corrected chi connectivity index (χ3v) is 15.9. The number of hydrogen-bond donors (Lipinski definition) is 0. The number of benzene rings is 8. The van der Waals surface area contributed by atoms with Crippen molar-refractivity contribution in [1.29, 1.82) is 0 Å². The highest BCUT2D eigenvalue weighted by Crippen LogP contribution is 2.43. The van der Waals surface area contributed by atoms with Crippen molar-refractivity contribution in [1.82, 2.24) is 28.7 Å². The Kier molecular flexibility index (Phi) is 10.6. The highest BCUT2D eigenvalue weighted by atomic mass is 15.0. The third kappa shape index (κ3) is 7.35. The minimum absolute atomic E-state index is 0.680. The first-order valence-electron chi connectivity index (χ1n) is 26.9. The lowest BCUT2D eigenvalue weighted by molar-refractivity contribution is 0.736. The normalized spacial score (nSPS) is 14.1. The molecule has 362 valence electrons. The smallest absolute Gasteiger partial charge is 0.164 e. The molecule has 4 heterocycles. The van der Waals surface area contributed by atoms with E-state index in [1.165, 1.54) is 78.3 Å². The summed E-state index contributed by atoms with van der Waals surface area (Å²) in [5, 5.41) is 5.00. The van der Waals surface area contributed by atoms with E-state index in [0.29, 0.717) is 11.6 Å². The van der Waals surface area contributed by atoms with Crippen LogP contribution in [0.15, 0.2) is 212 Å². The fraction of sp³-hybridized carbons (Fsp3) is 0.100. The lowest BCUT2D eigenvalue weighted by atomic mass is 9.95. The van der Waals surface area contributed by atoms with Gasteiger partial charge < -0.3 is 13.7 Å². The molecule has 3 aliphatic carbocycles. The molecule has 0 spiro atoms. The van der Waals surface area contributed by atoms with Crippen molar-refractivity contribution < 1.29 is 0 Å². The van der Waals surface area contributed by atoms with E-state index in [-0.39, 0.29) is 0 Å². The van der Waals surface area contributed by atoms with Gasteiger partial charge in [0.05, 0.1) is 33.4 Å². The lowest BCUT2D eigenvalue weighted by Crippen LogP contribution is -2.04. The highest BCUT2D eigenvalue weighted by Gasteiger charge is 2.24. The molecule has 4 aromatic heterocycles. The summed E-state index contributed by atoms with van der Waals surface area (Å²) in [6, 6.07) is 68.8. The minimum atomic E-state index is 0.680. The molecule has 6 heteroatoms. The molecule has 12 aromatic rings. The topological polar surface area (TPSA) is 53.5 Å². The van der Waals surface area contributed by atoms with Crippen LogP contribution in [-0.4, -0.2) is 28.7 Å². The molecule has 15 rings (SSSR count). The summed E-state index contributed by atoms with van der Waals surface area (Å²) in [4.78, 5) is 15.4. The Bertz CT molecular complexity index is 4420. The minimum Gasteiger partial charge on any atom is -0.310 e. The number of hydrogen-bond acceptors (Lipinski definition) is 3. The van der Waals surface area contributed by atoms with Crippen LogP contribution in [0.5, 0.6) is 0 Å². The van der Waals surface area contributed by atoms with E-state index in [9.17, 15) is 0 Å². The van der Waals surface area contributed by atoms with E-state index in [0.717, 1.165) is 94.6 Å². The largest absolute Gasteiger partial charge is 0.310 e. The van der Waals surface area contributed by atoms with Gasteiger partial charge in [0.2, 0.25) is 0 Å². The van der Waals surface area contributed by atoms with Crippen LogP contribution in [0, 0.1) is 0 Å². The quantitative estimate of drug-likeness (QED) is 0.152. The van der Waals surface area contributed by atoms with E-state index < -0.39 is 0 Å². The van der Waals surface area contributed by atoms with Gasteiger partial charge in [0.1, 0.15) is 0 Å². The Hall–Kier alpha value is -9.39. The zero-order chi connectivity index (χ0) is 50.1. The van der Waals surface area contributed by atoms with E-state index >= 15 is 0 Å². The molecule has 0 atom stereocenters. The van der Waals surface area contributed by atoms with Gasteiger partial charge in [0.15, 0.2) is 17.5 Å². The molecule has 0 unspecified atom stereocenters. The summed E-state index contributed by atoms with van der Waals surface area (Å²) in [5.74, 6) is 2.15. The van der Waals surface area contributed by atoms with Gasteiger partial charge in [-0.2, -0.15) is 0 Å². The third-order valence-electron chi connectivity index (χ3n) is 15.9. The summed E-state index contributed by atoms with van der Waals surface area (Å²) in [5.41, 5.74) is 20.9. The lowest BCUT2D eigenvalue weighted by Gasteiger charge is -2.18. The molecule has 0 saturated heterocycles. The van der Waals surface area contributed by atoms with Crippen LogP contribution in [-0.2, 0) is 6.42 Å². The van der Waals surface area contributed by atoms with Crippen molar-refractivity contribution in [2.24, 2.45) is 0 Å². The number of fused-ring (bicyclic) bond motifs is 9. The number of aromatic nitrogens is 6. The number of allylic oxidation sites excluding steroid dienone is 5. The molecule has 0 radical (unpaired) electrons. The fourth-order valence-electron chi connectivity index (χ4n) is 12.3. The zero-order valence-electron chi connectivity index (χ0n) is 42.1. The maximum absolute atomic E-state index is 5.20. The van der Waals surface area contributed by atoms with Crippen molar-refractivity contribution in [2.45, 2.75) is 44.9 Å². The molecule has 0 fully saturated rings. The van der Waals surface area contributed by atoms with Gasteiger partial charge in [-0.3, -0.25) is 0 Å². The van der Waals surface area contributed by atoms with Gasteiger partial charge in [-0.25, -0.2) is 15.0 Å². The first kappa shape index (κ1) is 44.1. The molecule has 0 aliphatic heterocycles. The summed E-state index contributed by atoms with van der Waals surface area (Å²) in [6.07, 6.45) is 23.5. The van der Waals surface area contributed by atoms with Gasteiger partial charge in [-0.05, 0) is 152 Å². The van der Waals surface area contributed by atoms with Crippen LogP contribution in [0.25, 0.3) is 130 Å².